The molecule has 1 unspecified atom stereocenters. The molecule has 2 heterocycles. The van der Waals surface area contributed by atoms with Crippen LogP contribution < -0.4 is 0 Å². The molecule has 0 radical (unpaired) electrons. The molecule has 2 saturated heterocycles. The average molecular weight is 351 g/mol. The first kappa shape index (κ1) is 18.7. The predicted molar refractivity (Wildman–Crippen MR) is 96.9 cm³/mol. The maximum atomic E-state index is 12.9. The molecular weight excluding hydrogens is 316 g/mol. The SMILES string of the molecule is O=C1CCC(C(=O)N2CCC(CCO)CC2)CN1CC1CCCCC1. The van der Waals surface area contributed by atoms with Crippen molar-refractivity contribution < 1.29 is 14.7 Å². The zero-order valence-electron chi connectivity index (χ0n) is 15.5. The Kier molecular flexibility index (Phi) is 6.74. The van der Waals surface area contributed by atoms with Crippen molar-refractivity contribution in [1.82, 2.24) is 9.80 Å². The van der Waals surface area contributed by atoms with Gasteiger partial charge < -0.3 is 14.9 Å². The van der Waals surface area contributed by atoms with Gasteiger partial charge in [-0.2, -0.15) is 0 Å². The van der Waals surface area contributed by atoms with Crippen molar-refractivity contribution in [2.24, 2.45) is 17.8 Å². The molecule has 5 nitrogen and oxygen atoms in total. The quantitative estimate of drug-likeness (QED) is 0.828. The van der Waals surface area contributed by atoms with Crippen LogP contribution in [0.25, 0.3) is 0 Å². The molecule has 3 aliphatic rings. The molecule has 25 heavy (non-hydrogen) atoms. The van der Waals surface area contributed by atoms with Crippen molar-refractivity contribution in [3.05, 3.63) is 0 Å². The van der Waals surface area contributed by atoms with Gasteiger partial charge in [-0.15, -0.1) is 0 Å². The van der Waals surface area contributed by atoms with E-state index in [0.29, 0.717) is 24.8 Å². The van der Waals surface area contributed by atoms with Crippen molar-refractivity contribution in [2.75, 3.05) is 32.8 Å². The lowest BCUT2D eigenvalue weighted by Crippen LogP contribution is -2.50. The molecule has 1 atom stereocenters. The number of hydrogen-bond acceptors (Lipinski definition) is 3. The smallest absolute Gasteiger partial charge is 0.227 e. The summed E-state index contributed by atoms with van der Waals surface area (Å²) < 4.78 is 0. The molecule has 142 valence electrons. The van der Waals surface area contributed by atoms with Gasteiger partial charge in [-0.3, -0.25) is 9.59 Å². The van der Waals surface area contributed by atoms with Crippen LogP contribution in [0.3, 0.4) is 0 Å². The molecule has 1 N–H and O–H groups in total. The molecule has 1 aliphatic carbocycles. The van der Waals surface area contributed by atoms with Crippen LogP contribution in [0.4, 0.5) is 0 Å². The highest BCUT2D eigenvalue weighted by molar-refractivity contribution is 5.84. The van der Waals surface area contributed by atoms with E-state index < -0.39 is 0 Å². The first-order valence-corrected chi connectivity index (χ1v) is 10.3. The molecule has 2 aliphatic heterocycles. The molecule has 3 rings (SSSR count). The molecule has 0 bridgehead atoms. The Hall–Kier alpha value is -1.10. The Balaban J connectivity index is 1.50. The fourth-order valence-corrected chi connectivity index (χ4v) is 4.86. The molecule has 0 aromatic carbocycles. The number of carbonyl (C=O) groups excluding carboxylic acids is 2. The van der Waals surface area contributed by atoms with Crippen LogP contribution >= 0.6 is 0 Å². The van der Waals surface area contributed by atoms with Gasteiger partial charge in [0.1, 0.15) is 0 Å². The van der Waals surface area contributed by atoms with E-state index in [1.165, 1.54) is 32.1 Å². The van der Waals surface area contributed by atoms with E-state index in [4.69, 9.17) is 5.11 Å². The summed E-state index contributed by atoms with van der Waals surface area (Å²) in [7, 11) is 0. The summed E-state index contributed by atoms with van der Waals surface area (Å²) >= 11 is 0. The molecule has 3 fully saturated rings. The van der Waals surface area contributed by atoms with E-state index in [9.17, 15) is 9.59 Å². The van der Waals surface area contributed by atoms with Crippen LogP contribution in [0.15, 0.2) is 0 Å². The number of amides is 2. The van der Waals surface area contributed by atoms with Crippen molar-refractivity contribution in [3.63, 3.8) is 0 Å². The second-order valence-corrected chi connectivity index (χ2v) is 8.32. The third-order valence-corrected chi connectivity index (χ3v) is 6.52. The number of aliphatic hydroxyl groups is 1. The zero-order valence-corrected chi connectivity index (χ0v) is 15.5. The second-order valence-electron chi connectivity index (χ2n) is 8.32. The Labute approximate surface area is 151 Å². The summed E-state index contributed by atoms with van der Waals surface area (Å²) in [5, 5.41) is 9.07. The first-order valence-electron chi connectivity index (χ1n) is 10.3. The normalized spacial score (nSPS) is 26.9. The van der Waals surface area contributed by atoms with Crippen LogP contribution in [-0.2, 0) is 9.59 Å². The van der Waals surface area contributed by atoms with Crippen LogP contribution in [0.5, 0.6) is 0 Å². The molecule has 0 aromatic heterocycles. The van der Waals surface area contributed by atoms with Gasteiger partial charge in [0.25, 0.3) is 0 Å². The maximum absolute atomic E-state index is 12.9. The fourth-order valence-electron chi connectivity index (χ4n) is 4.86. The van der Waals surface area contributed by atoms with Crippen molar-refractivity contribution in [3.8, 4) is 0 Å². The number of carbonyl (C=O) groups is 2. The van der Waals surface area contributed by atoms with Gasteiger partial charge in [-0.25, -0.2) is 0 Å². The van der Waals surface area contributed by atoms with Gasteiger partial charge in [0, 0.05) is 39.2 Å². The third-order valence-electron chi connectivity index (χ3n) is 6.52. The van der Waals surface area contributed by atoms with Gasteiger partial charge in [-0.1, -0.05) is 19.3 Å². The number of rotatable bonds is 5. The predicted octanol–water partition coefficient (Wildman–Crippen LogP) is 2.43. The number of hydrogen-bond donors (Lipinski definition) is 1. The van der Waals surface area contributed by atoms with Crippen molar-refractivity contribution in [2.45, 2.75) is 64.2 Å². The summed E-state index contributed by atoms with van der Waals surface area (Å²) in [6.45, 7) is 3.37. The lowest BCUT2D eigenvalue weighted by molar-refractivity contribution is -0.144. The average Bonchev–Trinajstić information content (AvgIpc) is 2.65. The lowest BCUT2D eigenvalue weighted by Gasteiger charge is -2.39. The van der Waals surface area contributed by atoms with E-state index in [-0.39, 0.29) is 24.3 Å². The van der Waals surface area contributed by atoms with E-state index in [1.807, 2.05) is 9.80 Å². The molecule has 0 spiro atoms. The lowest BCUT2D eigenvalue weighted by atomic mass is 9.87. The van der Waals surface area contributed by atoms with Crippen LogP contribution in [0.2, 0.25) is 0 Å². The van der Waals surface area contributed by atoms with Crippen LogP contribution in [-0.4, -0.2) is 59.5 Å². The largest absolute Gasteiger partial charge is 0.396 e. The van der Waals surface area contributed by atoms with E-state index >= 15 is 0 Å². The van der Waals surface area contributed by atoms with Gasteiger partial charge in [0.15, 0.2) is 0 Å². The standard InChI is InChI=1S/C20H34N2O3/c23-13-10-16-8-11-21(12-9-16)20(25)18-6-7-19(24)22(15-18)14-17-4-2-1-3-5-17/h16-18,23H,1-15H2. The summed E-state index contributed by atoms with van der Waals surface area (Å²) in [5.41, 5.74) is 0. The fraction of sp³-hybridized carbons (Fsp3) is 0.900. The number of piperidine rings is 2. The Morgan fingerprint density at radius 2 is 1.72 bits per heavy atom. The highest BCUT2D eigenvalue weighted by Crippen LogP contribution is 2.28. The van der Waals surface area contributed by atoms with Crippen LogP contribution in [0.1, 0.15) is 64.2 Å². The van der Waals surface area contributed by atoms with Crippen molar-refractivity contribution in [1.29, 1.82) is 0 Å². The minimum Gasteiger partial charge on any atom is -0.396 e. The van der Waals surface area contributed by atoms with E-state index in [0.717, 1.165) is 45.3 Å². The molecular formula is C20H34N2O3. The molecule has 5 heteroatoms. The number of nitrogens with zero attached hydrogens (tertiary/aromatic N) is 2. The zero-order chi connectivity index (χ0) is 17.6. The third kappa shape index (κ3) is 4.96. The van der Waals surface area contributed by atoms with Gasteiger partial charge in [0.2, 0.25) is 11.8 Å². The number of aliphatic hydroxyl groups excluding tert-OH is 1. The highest BCUT2D eigenvalue weighted by Gasteiger charge is 2.34. The minimum atomic E-state index is -0.00400. The first-order chi connectivity index (χ1) is 12.2. The molecule has 2 amide bonds. The summed E-state index contributed by atoms with van der Waals surface area (Å²) in [6.07, 6.45) is 10.5. The maximum Gasteiger partial charge on any atom is 0.227 e. The van der Waals surface area contributed by atoms with Gasteiger partial charge in [-0.05, 0) is 50.4 Å². The Bertz CT molecular complexity index is 454. The molecule has 1 saturated carbocycles. The summed E-state index contributed by atoms with van der Waals surface area (Å²) in [6, 6.07) is 0. The van der Waals surface area contributed by atoms with E-state index in [1.54, 1.807) is 0 Å². The highest BCUT2D eigenvalue weighted by atomic mass is 16.3. The monoisotopic (exact) mass is 350 g/mol. The minimum absolute atomic E-state index is 0.00400. The summed E-state index contributed by atoms with van der Waals surface area (Å²) in [5.74, 6) is 1.70. The van der Waals surface area contributed by atoms with Gasteiger partial charge in [0.05, 0.1) is 5.92 Å². The number of likely N-dealkylation sites (tertiary alicyclic amines) is 2. The Morgan fingerprint density at radius 3 is 2.40 bits per heavy atom. The van der Waals surface area contributed by atoms with Gasteiger partial charge >= 0.3 is 0 Å². The van der Waals surface area contributed by atoms with Crippen LogP contribution in [0, 0.1) is 17.8 Å². The summed E-state index contributed by atoms with van der Waals surface area (Å²) in [4.78, 5) is 29.2. The van der Waals surface area contributed by atoms with E-state index in [2.05, 4.69) is 0 Å². The second kappa shape index (κ2) is 9.02. The Morgan fingerprint density at radius 1 is 1.00 bits per heavy atom. The van der Waals surface area contributed by atoms with Crippen molar-refractivity contribution >= 4 is 11.8 Å². The molecule has 0 aromatic rings. The topological polar surface area (TPSA) is 60.9 Å².